The van der Waals surface area contributed by atoms with E-state index in [9.17, 15) is 9.18 Å². The van der Waals surface area contributed by atoms with Gasteiger partial charge in [-0.05, 0) is 52.3 Å². The SMILES string of the molecule is Cc1cc(Nc2cc(C)[nH]n2)nc(N2CCC3(CC2)C(C=O)N(C(C)c2ccc(-n4cc(F)cn4)nc2)CCN3C)n1. The molecule has 42 heavy (non-hydrogen) atoms. The van der Waals surface area contributed by atoms with Crippen molar-refractivity contribution in [3.05, 3.63) is 65.6 Å². The van der Waals surface area contributed by atoms with E-state index >= 15 is 0 Å². The summed E-state index contributed by atoms with van der Waals surface area (Å²) in [6, 6.07) is 7.33. The van der Waals surface area contributed by atoms with Gasteiger partial charge in [-0.15, -0.1) is 0 Å². The Hall–Kier alpha value is -4.23. The fraction of sp³-hybridized carbons (Fsp3) is 0.448. The topological polar surface area (TPSA) is 124 Å². The Morgan fingerprint density at radius 3 is 2.55 bits per heavy atom. The predicted molar refractivity (Wildman–Crippen MR) is 156 cm³/mol. The monoisotopic (exact) mass is 573 g/mol. The number of nitrogens with zero attached hydrogens (tertiary/aromatic N) is 9. The van der Waals surface area contributed by atoms with Gasteiger partial charge in [0.15, 0.2) is 17.5 Å². The lowest BCUT2D eigenvalue weighted by atomic mass is 9.76. The zero-order valence-electron chi connectivity index (χ0n) is 24.3. The number of halogens is 1. The van der Waals surface area contributed by atoms with Crippen LogP contribution in [0.15, 0.2) is 42.9 Å². The summed E-state index contributed by atoms with van der Waals surface area (Å²) in [5, 5.41) is 14.4. The average molecular weight is 574 g/mol. The van der Waals surface area contributed by atoms with Crippen LogP contribution in [0, 0.1) is 19.7 Å². The highest BCUT2D eigenvalue weighted by molar-refractivity contribution is 5.62. The van der Waals surface area contributed by atoms with Gasteiger partial charge in [-0.1, -0.05) is 6.07 Å². The molecule has 2 aliphatic rings. The number of aryl methyl sites for hydroxylation is 2. The highest BCUT2D eigenvalue weighted by Gasteiger charge is 2.51. The molecule has 2 fully saturated rings. The summed E-state index contributed by atoms with van der Waals surface area (Å²) in [7, 11) is 2.13. The number of carbonyl (C=O) groups excluding carboxylic acids is 1. The standard InChI is InChI=1S/C29H36FN11O/c1-19-13-25(34-26-14-20(2)36-37-26)35-28(33-19)39-9-7-29(8-10-39)24(18-42)40(12-11-38(29)4)21(3)22-5-6-27(31-15-22)41-17-23(30)16-32-41/h5-6,13-18,21,24H,7-12H2,1-4H3,(H2,33,34,35,36,37). The molecule has 2 unspecified atom stereocenters. The van der Waals surface area contributed by atoms with Crippen molar-refractivity contribution in [2.24, 2.45) is 0 Å². The van der Waals surface area contributed by atoms with E-state index in [0.717, 1.165) is 68.5 Å². The Bertz CT molecular complexity index is 1540. The van der Waals surface area contributed by atoms with Gasteiger partial charge in [0.05, 0.1) is 18.4 Å². The summed E-state index contributed by atoms with van der Waals surface area (Å²) in [6.45, 7) is 9.11. The lowest BCUT2D eigenvalue weighted by Gasteiger charge is -2.57. The molecule has 2 atom stereocenters. The second-order valence-corrected chi connectivity index (χ2v) is 11.3. The molecule has 0 aromatic carbocycles. The number of hydrogen-bond acceptors (Lipinski definition) is 10. The number of aromatic amines is 1. The molecule has 2 aliphatic heterocycles. The van der Waals surface area contributed by atoms with Crippen molar-refractivity contribution in [2.45, 2.75) is 51.2 Å². The Kier molecular flexibility index (Phi) is 7.45. The van der Waals surface area contributed by atoms with Crippen LogP contribution in [0.5, 0.6) is 0 Å². The summed E-state index contributed by atoms with van der Waals surface area (Å²) < 4.78 is 14.8. The van der Waals surface area contributed by atoms with Crippen LogP contribution in [-0.4, -0.2) is 95.8 Å². The van der Waals surface area contributed by atoms with Gasteiger partial charge in [0.25, 0.3) is 0 Å². The first-order valence-corrected chi connectivity index (χ1v) is 14.2. The van der Waals surface area contributed by atoms with Crippen molar-refractivity contribution < 1.29 is 9.18 Å². The number of aromatic nitrogens is 7. The van der Waals surface area contributed by atoms with Crippen LogP contribution in [0.3, 0.4) is 0 Å². The molecule has 6 heterocycles. The van der Waals surface area contributed by atoms with E-state index in [2.05, 4.69) is 54.3 Å². The molecule has 4 aromatic heterocycles. The second kappa shape index (κ2) is 11.2. The third kappa shape index (κ3) is 5.25. The van der Waals surface area contributed by atoms with Gasteiger partial charge in [0.2, 0.25) is 5.95 Å². The zero-order valence-corrected chi connectivity index (χ0v) is 24.3. The number of piperidine rings is 1. The Labute approximate surface area is 244 Å². The molecule has 2 N–H and O–H groups in total. The summed E-state index contributed by atoms with van der Waals surface area (Å²) in [5.41, 5.74) is 2.53. The van der Waals surface area contributed by atoms with Gasteiger partial charge in [0.1, 0.15) is 12.1 Å². The van der Waals surface area contributed by atoms with Crippen molar-refractivity contribution in [1.82, 2.24) is 44.7 Å². The van der Waals surface area contributed by atoms with Crippen LogP contribution in [0.4, 0.5) is 22.0 Å². The largest absolute Gasteiger partial charge is 0.341 e. The van der Waals surface area contributed by atoms with E-state index in [-0.39, 0.29) is 17.6 Å². The first-order valence-electron chi connectivity index (χ1n) is 14.2. The van der Waals surface area contributed by atoms with E-state index in [4.69, 9.17) is 9.97 Å². The maximum Gasteiger partial charge on any atom is 0.227 e. The molecule has 12 nitrogen and oxygen atoms in total. The lowest BCUT2D eigenvalue weighted by Crippen LogP contribution is -2.70. The van der Waals surface area contributed by atoms with Crippen LogP contribution < -0.4 is 10.2 Å². The van der Waals surface area contributed by atoms with E-state index < -0.39 is 5.82 Å². The number of H-pyrrole nitrogens is 1. The molecular weight excluding hydrogens is 537 g/mol. The van der Waals surface area contributed by atoms with Gasteiger partial charge in [-0.2, -0.15) is 15.2 Å². The summed E-state index contributed by atoms with van der Waals surface area (Å²) in [6.07, 6.45) is 6.97. The van der Waals surface area contributed by atoms with Crippen molar-refractivity contribution >= 4 is 23.9 Å². The number of aldehydes is 1. The molecule has 0 bridgehead atoms. The number of pyridine rings is 1. The van der Waals surface area contributed by atoms with E-state index in [1.807, 2.05) is 38.1 Å². The van der Waals surface area contributed by atoms with Gasteiger partial charge >= 0.3 is 0 Å². The highest BCUT2D eigenvalue weighted by Crippen LogP contribution is 2.40. The summed E-state index contributed by atoms with van der Waals surface area (Å²) >= 11 is 0. The van der Waals surface area contributed by atoms with Crippen LogP contribution in [0.2, 0.25) is 0 Å². The Balaban J connectivity index is 1.18. The second-order valence-electron chi connectivity index (χ2n) is 11.3. The molecule has 4 aromatic rings. The van der Waals surface area contributed by atoms with Crippen LogP contribution in [0.1, 0.15) is 42.8 Å². The van der Waals surface area contributed by atoms with Crippen LogP contribution in [-0.2, 0) is 4.79 Å². The number of likely N-dealkylation sites (N-methyl/N-ethyl adjacent to an activating group) is 1. The minimum absolute atomic E-state index is 0.0286. The van der Waals surface area contributed by atoms with Gasteiger partial charge < -0.3 is 15.0 Å². The number of carbonyl (C=O) groups is 1. The van der Waals surface area contributed by atoms with Gasteiger partial charge in [-0.25, -0.2) is 19.0 Å². The smallest absolute Gasteiger partial charge is 0.227 e. The molecule has 220 valence electrons. The number of piperazine rings is 1. The number of rotatable bonds is 7. The quantitative estimate of drug-likeness (QED) is 0.319. The minimum Gasteiger partial charge on any atom is -0.341 e. The molecule has 1 spiro atoms. The zero-order chi connectivity index (χ0) is 29.4. The maximum atomic E-state index is 13.4. The molecule has 13 heteroatoms. The predicted octanol–water partition coefficient (Wildman–Crippen LogP) is 3.20. The van der Waals surface area contributed by atoms with Crippen LogP contribution in [0.25, 0.3) is 5.82 Å². The third-order valence-corrected chi connectivity index (χ3v) is 8.74. The Morgan fingerprint density at radius 1 is 1.10 bits per heavy atom. The molecule has 0 aliphatic carbocycles. The molecule has 0 amide bonds. The maximum absolute atomic E-state index is 13.4. The Morgan fingerprint density at radius 2 is 1.90 bits per heavy atom. The van der Waals surface area contributed by atoms with Crippen molar-refractivity contribution in [3.63, 3.8) is 0 Å². The van der Waals surface area contributed by atoms with E-state index in [1.165, 1.54) is 10.9 Å². The van der Waals surface area contributed by atoms with Gasteiger partial charge in [0, 0.05) is 67.5 Å². The fourth-order valence-corrected chi connectivity index (χ4v) is 6.34. The number of hydrogen-bond donors (Lipinski definition) is 2. The normalized spacial score (nSPS) is 20.1. The van der Waals surface area contributed by atoms with Crippen molar-refractivity contribution in [3.8, 4) is 5.82 Å². The van der Waals surface area contributed by atoms with Crippen molar-refractivity contribution in [2.75, 3.05) is 43.4 Å². The number of nitrogens with one attached hydrogen (secondary N) is 2. The highest BCUT2D eigenvalue weighted by atomic mass is 19.1. The molecule has 6 rings (SSSR count). The molecular formula is C29H36FN11O. The third-order valence-electron chi connectivity index (χ3n) is 8.74. The average Bonchev–Trinajstić information content (AvgIpc) is 3.61. The summed E-state index contributed by atoms with van der Waals surface area (Å²) in [5.74, 6) is 2.21. The first kappa shape index (κ1) is 27.9. The van der Waals surface area contributed by atoms with Crippen LogP contribution >= 0.6 is 0 Å². The fourth-order valence-electron chi connectivity index (χ4n) is 6.34. The van der Waals surface area contributed by atoms with Gasteiger partial charge in [-0.3, -0.25) is 14.9 Å². The molecule has 0 radical (unpaired) electrons. The summed E-state index contributed by atoms with van der Waals surface area (Å²) in [4.78, 5) is 33.7. The number of anilines is 3. The minimum atomic E-state index is -0.410. The lowest BCUT2D eigenvalue weighted by molar-refractivity contribution is -0.128. The van der Waals surface area contributed by atoms with Crippen molar-refractivity contribution in [1.29, 1.82) is 0 Å². The van der Waals surface area contributed by atoms with E-state index in [1.54, 1.807) is 6.20 Å². The van der Waals surface area contributed by atoms with E-state index in [0.29, 0.717) is 23.4 Å². The first-order chi connectivity index (χ1) is 20.3. The molecule has 2 saturated heterocycles. The molecule has 0 saturated carbocycles.